The normalized spacial score (nSPS) is 14.0. The summed E-state index contributed by atoms with van der Waals surface area (Å²) >= 11 is 1.92. The van der Waals surface area contributed by atoms with Crippen LogP contribution in [0.2, 0.25) is 0 Å². The third-order valence-corrected chi connectivity index (χ3v) is 5.67. The number of allylic oxidation sites excluding steroid dienone is 1. The van der Waals surface area contributed by atoms with Gasteiger partial charge in [0.25, 0.3) is 0 Å². The van der Waals surface area contributed by atoms with E-state index in [-0.39, 0.29) is 0 Å². The van der Waals surface area contributed by atoms with Gasteiger partial charge >= 0.3 is 0 Å². The Hall–Kier alpha value is -1.51. The molecule has 0 atom stereocenters. The number of aliphatic hydroxyl groups excluding tert-OH is 1. The Labute approximate surface area is 149 Å². The highest BCUT2D eigenvalue weighted by atomic mass is 32.2. The van der Waals surface area contributed by atoms with Gasteiger partial charge < -0.3 is 5.11 Å². The molecule has 0 saturated carbocycles. The van der Waals surface area contributed by atoms with E-state index in [4.69, 9.17) is 5.11 Å². The number of rotatable bonds is 7. The van der Waals surface area contributed by atoms with Crippen LogP contribution in [-0.4, -0.2) is 17.5 Å². The lowest BCUT2D eigenvalue weighted by atomic mass is 10.0. The molecule has 1 aliphatic rings. The first kappa shape index (κ1) is 17.3. The van der Waals surface area contributed by atoms with Gasteiger partial charge in [-0.1, -0.05) is 48.9 Å². The summed E-state index contributed by atoms with van der Waals surface area (Å²) in [5.41, 5.74) is 5.67. The zero-order chi connectivity index (χ0) is 16.6. The van der Waals surface area contributed by atoms with E-state index in [2.05, 4.69) is 54.6 Å². The Kier molecular flexibility index (Phi) is 6.57. The molecule has 2 aromatic carbocycles. The highest BCUT2D eigenvalue weighted by molar-refractivity contribution is 7.99. The van der Waals surface area contributed by atoms with Crippen LogP contribution in [0.15, 0.2) is 53.4 Å². The predicted molar refractivity (Wildman–Crippen MR) is 105 cm³/mol. The van der Waals surface area contributed by atoms with E-state index < -0.39 is 0 Å². The van der Waals surface area contributed by atoms with Crippen molar-refractivity contribution in [2.45, 2.75) is 43.4 Å². The van der Waals surface area contributed by atoms with E-state index in [1.807, 2.05) is 11.8 Å². The molecule has 2 aromatic rings. The van der Waals surface area contributed by atoms with Crippen molar-refractivity contribution >= 4 is 23.4 Å². The van der Waals surface area contributed by atoms with Gasteiger partial charge in [-0.2, -0.15) is 0 Å². The number of hydrogen-bond donors (Lipinski definition) is 1. The summed E-state index contributed by atoms with van der Waals surface area (Å²) in [6.07, 6.45) is 9.15. The molecule has 2 heteroatoms. The average molecular weight is 339 g/mol. The molecule has 0 spiro atoms. The second-order valence-corrected chi connectivity index (χ2v) is 7.55. The highest BCUT2D eigenvalue weighted by Gasteiger charge is 2.09. The van der Waals surface area contributed by atoms with Gasteiger partial charge in [-0.05, 0) is 72.3 Å². The maximum absolute atomic E-state index is 8.81. The van der Waals surface area contributed by atoms with Crippen molar-refractivity contribution in [3.8, 4) is 0 Å². The predicted octanol–water partition coefficient (Wildman–Crippen LogP) is 5.82. The lowest BCUT2D eigenvalue weighted by molar-refractivity contribution is 0.284. The third kappa shape index (κ3) is 4.75. The topological polar surface area (TPSA) is 20.2 Å². The van der Waals surface area contributed by atoms with E-state index in [1.165, 1.54) is 46.4 Å². The first-order valence-electron chi connectivity index (χ1n) is 8.99. The van der Waals surface area contributed by atoms with Crippen LogP contribution < -0.4 is 0 Å². The zero-order valence-electron chi connectivity index (χ0n) is 14.2. The molecule has 1 nitrogen and oxygen atoms in total. The summed E-state index contributed by atoms with van der Waals surface area (Å²) in [6.45, 7) is 0.317. The van der Waals surface area contributed by atoms with Gasteiger partial charge in [0.1, 0.15) is 0 Å². The van der Waals surface area contributed by atoms with Gasteiger partial charge in [-0.3, -0.25) is 0 Å². The third-order valence-electron chi connectivity index (χ3n) is 4.57. The number of aryl methyl sites for hydroxylation is 1. The SMILES string of the molecule is OCCCCCSc1ccc(C2=Cc3ccccc3CCC2)cc1. The van der Waals surface area contributed by atoms with Crippen LogP contribution in [0.5, 0.6) is 0 Å². The van der Waals surface area contributed by atoms with E-state index in [0.29, 0.717) is 6.61 Å². The van der Waals surface area contributed by atoms with E-state index in [0.717, 1.165) is 25.0 Å². The van der Waals surface area contributed by atoms with Crippen molar-refractivity contribution in [3.63, 3.8) is 0 Å². The summed E-state index contributed by atoms with van der Waals surface area (Å²) in [7, 11) is 0. The van der Waals surface area contributed by atoms with Crippen LogP contribution in [0, 0.1) is 0 Å². The maximum Gasteiger partial charge on any atom is 0.0431 e. The average Bonchev–Trinajstić information content (AvgIpc) is 2.84. The molecule has 126 valence electrons. The zero-order valence-corrected chi connectivity index (χ0v) is 15.0. The van der Waals surface area contributed by atoms with Crippen LogP contribution >= 0.6 is 11.8 Å². The summed E-state index contributed by atoms with van der Waals surface area (Å²) in [6, 6.07) is 17.8. The summed E-state index contributed by atoms with van der Waals surface area (Å²) in [5, 5.41) is 8.81. The number of thioether (sulfide) groups is 1. The molecule has 1 aliphatic carbocycles. The van der Waals surface area contributed by atoms with Crippen molar-refractivity contribution in [2.24, 2.45) is 0 Å². The minimum atomic E-state index is 0.317. The van der Waals surface area contributed by atoms with Gasteiger partial charge in [0, 0.05) is 11.5 Å². The van der Waals surface area contributed by atoms with Crippen LogP contribution in [0.1, 0.15) is 48.8 Å². The molecule has 0 fully saturated rings. The molecule has 1 N–H and O–H groups in total. The van der Waals surface area contributed by atoms with Gasteiger partial charge in [0.15, 0.2) is 0 Å². The monoisotopic (exact) mass is 338 g/mol. The van der Waals surface area contributed by atoms with Gasteiger partial charge in [0.2, 0.25) is 0 Å². The van der Waals surface area contributed by atoms with Gasteiger partial charge in [-0.25, -0.2) is 0 Å². The maximum atomic E-state index is 8.81. The summed E-state index contributed by atoms with van der Waals surface area (Å²) in [4.78, 5) is 1.34. The van der Waals surface area contributed by atoms with E-state index >= 15 is 0 Å². The smallest absolute Gasteiger partial charge is 0.0431 e. The van der Waals surface area contributed by atoms with Crippen molar-refractivity contribution in [2.75, 3.05) is 12.4 Å². The molecule has 24 heavy (non-hydrogen) atoms. The Morgan fingerprint density at radius 1 is 0.875 bits per heavy atom. The second kappa shape index (κ2) is 9.10. The fraction of sp³-hybridized carbons (Fsp3) is 0.364. The molecule has 0 saturated heterocycles. The number of aliphatic hydroxyl groups is 1. The molecule has 3 rings (SSSR count). The van der Waals surface area contributed by atoms with Crippen molar-refractivity contribution in [1.82, 2.24) is 0 Å². The number of hydrogen-bond acceptors (Lipinski definition) is 2. The Balaban J connectivity index is 1.64. The molecular formula is C22H26OS. The molecule has 0 aromatic heterocycles. The fourth-order valence-corrected chi connectivity index (χ4v) is 4.12. The minimum Gasteiger partial charge on any atom is -0.396 e. The standard InChI is InChI=1S/C22H26OS/c23-15-4-1-5-16-24-22-13-11-19(12-14-22)21-10-6-9-18-7-2-3-8-20(18)17-21/h2-3,7-8,11-14,17,23H,1,4-6,9-10,15-16H2. The first-order chi connectivity index (χ1) is 11.9. The number of benzene rings is 2. The van der Waals surface area contributed by atoms with Crippen LogP contribution in [0.4, 0.5) is 0 Å². The lowest BCUT2D eigenvalue weighted by Crippen LogP contribution is -1.87. The Bertz CT molecular complexity index is 673. The quantitative estimate of drug-likeness (QED) is 0.507. The van der Waals surface area contributed by atoms with E-state index in [9.17, 15) is 0 Å². The molecule has 0 amide bonds. The van der Waals surface area contributed by atoms with Crippen LogP contribution in [0.3, 0.4) is 0 Å². The first-order valence-corrected chi connectivity index (χ1v) is 9.98. The van der Waals surface area contributed by atoms with Crippen molar-refractivity contribution in [1.29, 1.82) is 0 Å². The largest absolute Gasteiger partial charge is 0.396 e. The fourth-order valence-electron chi connectivity index (χ4n) is 3.21. The lowest BCUT2D eigenvalue weighted by Gasteiger charge is -2.07. The molecule has 0 heterocycles. The van der Waals surface area contributed by atoms with Crippen LogP contribution in [0.25, 0.3) is 11.6 Å². The molecule has 0 bridgehead atoms. The Morgan fingerprint density at radius 2 is 1.71 bits per heavy atom. The molecular weight excluding hydrogens is 312 g/mol. The van der Waals surface area contributed by atoms with Gasteiger partial charge in [0.05, 0.1) is 0 Å². The van der Waals surface area contributed by atoms with Crippen LogP contribution in [-0.2, 0) is 6.42 Å². The summed E-state index contributed by atoms with van der Waals surface area (Å²) in [5.74, 6) is 1.13. The van der Waals surface area contributed by atoms with Crippen molar-refractivity contribution in [3.05, 3.63) is 65.2 Å². The van der Waals surface area contributed by atoms with Gasteiger partial charge in [-0.15, -0.1) is 11.8 Å². The Morgan fingerprint density at radius 3 is 2.54 bits per heavy atom. The molecule has 0 radical (unpaired) electrons. The highest BCUT2D eigenvalue weighted by Crippen LogP contribution is 2.30. The summed E-state index contributed by atoms with van der Waals surface area (Å²) < 4.78 is 0. The second-order valence-electron chi connectivity index (χ2n) is 6.38. The number of unbranched alkanes of at least 4 members (excludes halogenated alkanes) is 2. The van der Waals surface area contributed by atoms with Crippen molar-refractivity contribution < 1.29 is 5.11 Å². The molecule has 0 aliphatic heterocycles. The minimum absolute atomic E-state index is 0.317. The van der Waals surface area contributed by atoms with E-state index in [1.54, 1.807) is 0 Å². The molecule has 0 unspecified atom stereocenters. The number of fused-ring (bicyclic) bond motifs is 1.